The summed E-state index contributed by atoms with van der Waals surface area (Å²) in [7, 11) is 3.25. The van der Waals surface area contributed by atoms with Gasteiger partial charge in [-0.25, -0.2) is 0 Å². The van der Waals surface area contributed by atoms with E-state index in [1.807, 2.05) is 13.8 Å². The topological polar surface area (TPSA) is 75.4 Å². The van der Waals surface area contributed by atoms with Gasteiger partial charge >= 0.3 is 0 Å². The van der Waals surface area contributed by atoms with Crippen LogP contribution in [-0.2, 0) is 9.59 Å². The predicted octanol–water partition coefficient (Wildman–Crippen LogP) is -0.190. The van der Waals surface area contributed by atoms with Crippen molar-refractivity contribution in [2.75, 3.05) is 20.6 Å². The molecule has 5 nitrogen and oxygen atoms in total. The van der Waals surface area contributed by atoms with Gasteiger partial charge in [0.1, 0.15) is 0 Å². The molecule has 0 heterocycles. The van der Waals surface area contributed by atoms with E-state index in [-0.39, 0.29) is 23.7 Å². The van der Waals surface area contributed by atoms with Crippen LogP contribution in [0.4, 0.5) is 0 Å². The number of rotatable bonds is 5. The number of nitrogens with two attached hydrogens (primary N) is 1. The third-order valence-electron chi connectivity index (χ3n) is 2.62. The molecule has 2 atom stereocenters. The Hall–Kier alpha value is -1.10. The van der Waals surface area contributed by atoms with Gasteiger partial charge in [-0.05, 0) is 5.92 Å². The average molecular weight is 229 g/mol. The van der Waals surface area contributed by atoms with Crippen LogP contribution in [0, 0.1) is 11.8 Å². The summed E-state index contributed by atoms with van der Waals surface area (Å²) in [6.45, 7) is 5.97. The highest BCUT2D eigenvalue weighted by molar-refractivity contribution is 5.83. The molecule has 2 unspecified atom stereocenters. The van der Waals surface area contributed by atoms with Gasteiger partial charge in [0.25, 0.3) is 0 Å². The van der Waals surface area contributed by atoms with Crippen LogP contribution in [0.25, 0.3) is 0 Å². The Morgan fingerprint density at radius 3 is 2.19 bits per heavy atom. The molecule has 0 aliphatic carbocycles. The second-order valence-electron chi connectivity index (χ2n) is 4.50. The third-order valence-corrected chi connectivity index (χ3v) is 2.62. The lowest BCUT2D eigenvalue weighted by molar-refractivity contribution is -0.134. The SMILES string of the molecule is CNC(=O)C(C)CN(C)C(=O)C(N)C(C)C. The fraction of sp³-hybridized carbons (Fsp3) is 0.818. The Labute approximate surface area is 97.4 Å². The highest BCUT2D eigenvalue weighted by atomic mass is 16.2. The van der Waals surface area contributed by atoms with E-state index in [9.17, 15) is 9.59 Å². The molecule has 0 aromatic rings. The van der Waals surface area contributed by atoms with Crippen molar-refractivity contribution in [2.45, 2.75) is 26.8 Å². The van der Waals surface area contributed by atoms with Crippen LogP contribution in [0.15, 0.2) is 0 Å². The number of carbonyl (C=O) groups excluding carboxylic acids is 2. The van der Waals surface area contributed by atoms with Crippen molar-refractivity contribution < 1.29 is 9.59 Å². The summed E-state index contributed by atoms with van der Waals surface area (Å²) in [6.07, 6.45) is 0. The molecule has 0 saturated heterocycles. The first-order chi connectivity index (χ1) is 7.31. The average Bonchev–Trinajstić information content (AvgIpc) is 2.25. The number of carbonyl (C=O) groups is 2. The number of hydrogen-bond acceptors (Lipinski definition) is 3. The van der Waals surface area contributed by atoms with Gasteiger partial charge in [-0.2, -0.15) is 0 Å². The molecular formula is C11H23N3O2. The number of nitrogens with one attached hydrogen (secondary N) is 1. The maximum Gasteiger partial charge on any atom is 0.239 e. The first-order valence-electron chi connectivity index (χ1n) is 5.53. The number of amides is 2. The van der Waals surface area contributed by atoms with Gasteiger partial charge in [-0.15, -0.1) is 0 Å². The second-order valence-corrected chi connectivity index (χ2v) is 4.50. The number of likely N-dealkylation sites (N-methyl/N-ethyl adjacent to an activating group) is 1. The molecule has 0 rings (SSSR count). The molecule has 0 aromatic heterocycles. The van der Waals surface area contributed by atoms with Crippen molar-refractivity contribution in [3.8, 4) is 0 Å². The standard InChI is InChI=1S/C11H23N3O2/c1-7(2)9(12)11(16)14(5)6-8(3)10(15)13-4/h7-9H,6,12H2,1-5H3,(H,13,15). The van der Waals surface area contributed by atoms with E-state index in [1.54, 1.807) is 21.0 Å². The van der Waals surface area contributed by atoms with Gasteiger partial charge in [-0.3, -0.25) is 9.59 Å². The summed E-state index contributed by atoms with van der Waals surface area (Å²) in [5, 5.41) is 2.55. The second kappa shape index (κ2) is 6.48. The summed E-state index contributed by atoms with van der Waals surface area (Å²) in [4.78, 5) is 24.6. The summed E-state index contributed by atoms with van der Waals surface area (Å²) in [5.74, 6) is -0.313. The van der Waals surface area contributed by atoms with Gasteiger partial charge in [-0.1, -0.05) is 20.8 Å². The lowest BCUT2D eigenvalue weighted by Crippen LogP contribution is -2.47. The molecule has 0 bridgehead atoms. The lowest BCUT2D eigenvalue weighted by Gasteiger charge is -2.25. The van der Waals surface area contributed by atoms with E-state index in [0.717, 1.165) is 0 Å². The first kappa shape index (κ1) is 14.9. The van der Waals surface area contributed by atoms with Crippen molar-refractivity contribution in [2.24, 2.45) is 17.6 Å². The quantitative estimate of drug-likeness (QED) is 0.686. The molecule has 16 heavy (non-hydrogen) atoms. The van der Waals surface area contributed by atoms with Gasteiger partial charge in [0.15, 0.2) is 0 Å². The van der Waals surface area contributed by atoms with Gasteiger partial charge in [0, 0.05) is 20.6 Å². The van der Waals surface area contributed by atoms with Crippen LogP contribution in [0.3, 0.4) is 0 Å². The Morgan fingerprint density at radius 1 is 1.31 bits per heavy atom. The van der Waals surface area contributed by atoms with Gasteiger partial charge in [0.2, 0.25) is 11.8 Å². The van der Waals surface area contributed by atoms with Crippen LogP contribution >= 0.6 is 0 Å². The van der Waals surface area contributed by atoms with Crippen LogP contribution < -0.4 is 11.1 Å². The zero-order chi connectivity index (χ0) is 12.9. The molecule has 0 fully saturated rings. The van der Waals surface area contributed by atoms with Crippen molar-refractivity contribution in [1.82, 2.24) is 10.2 Å². The largest absolute Gasteiger partial charge is 0.359 e. The van der Waals surface area contributed by atoms with Crippen LogP contribution in [0.5, 0.6) is 0 Å². The summed E-state index contributed by atoms with van der Waals surface area (Å²) in [6, 6.07) is -0.498. The van der Waals surface area contributed by atoms with Crippen LogP contribution in [0.2, 0.25) is 0 Å². The molecule has 5 heteroatoms. The molecule has 94 valence electrons. The molecule has 0 aliphatic rings. The fourth-order valence-corrected chi connectivity index (χ4v) is 1.37. The highest BCUT2D eigenvalue weighted by Gasteiger charge is 2.23. The van der Waals surface area contributed by atoms with E-state index in [0.29, 0.717) is 6.54 Å². The third kappa shape index (κ3) is 4.18. The molecule has 0 aromatic carbocycles. The Kier molecular flexibility index (Phi) is 6.03. The predicted molar refractivity (Wildman–Crippen MR) is 63.7 cm³/mol. The molecule has 2 amide bonds. The number of hydrogen-bond donors (Lipinski definition) is 2. The highest BCUT2D eigenvalue weighted by Crippen LogP contribution is 2.05. The maximum absolute atomic E-state index is 11.8. The van der Waals surface area contributed by atoms with E-state index in [4.69, 9.17) is 5.73 Å². The van der Waals surface area contributed by atoms with E-state index in [1.165, 1.54) is 4.90 Å². The molecular weight excluding hydrogens is 206 g/mol. The molecule has 0 spiro atoms. The first-order valence-corrected chi connectivity index (χ1v) is 5.53. The van der Waals surface area contributed by atoms with Crippen molar-refractivity contribution in [3.05, 3.63) is 0 Å². The van der Waals surface area contributed by atoms with Crippen molar-refractivity contribution in [1.29, 1.82) is 0 Å². The smallest absolute Gasteiger partial charge is 0.239 e. The summed E-state index contributed by atoms with van der Waals surface area (Å²) < 4.78 is 0. The number of nitrogens with zero attached hydrogens (tertiary/aromatic N) is 1. The van der Waals surface area contributed by atoms with E-state index in [2.05, 4.69) is 5.32 Å². The molecule has 0 saturated carbocycles. The van der Waals surface area contributed by atoms with E-state index < -0.39 is 6.04 Å². The van der Waals surface area contributed by atoms with Gasteiger partial charge in [0.05, 0.1) is 12.0 Å². The minimum Gasteiger partial charge on any atom is -0.359 e. The van der Waals surface area contributed by atoms with Crippen LogP contribution in [0.1, 0.15) is 20.8 Å². The van der Waals surface area contributed by atoms with Gasteiger partial charge < -0.3 is 16.0 Å². The maximum atomic E-state index is 11.8. The Morgan fingerprint density at radius 2 is 1.81 bits per heavy atom. The zero-order valence-electron chi connectivity index (χ0n) is 10.8. The Bertz CT molecular complexity index is 254. The lowest BCUT2D eigenvalue weighted by atomic mass is 10.0. The summed E-state index contributed by atoms with van der Waals surface area (Å²) in [5.41, 5.74) is 5.75. The summed E-state index contributed by atoms with van der Waals surface area (Å²) >= 11 is 0. The van der Waals surface area contributed by atoms with Crippen LogP contribution in [-0.4, -0.2) is 43.4 Å². The molecule has 0 aliphatic heterocycles. The molecule has 0 radical (unpaired) electrons. The van der Waals surface area contributed by atoms with Crippen molar-refractivity contribution in [3.63, 3.8) is 0 Å². The van der Waals surface area contributed by atoms with E-state index >= 15 is 0 Å². The van der Waals surface area contributed by atoms with Crippen molar-refractivity contribution >= 4 is 11.8 Å². The zero-order valence-corrected chi connectivity index (χ0v) is 10.8. The normalized spacial score (nSPS) is 14.4. The Balaban J connectivity index is 4.30. The minimum atomic E-state index is -0.498. The minimum absolute atomic E-state index is 0.0715. The molecule has 3 N–H and O–H groups in total. The monoisotopic (exact) mass is 229 g/mol. The fourth-order valence-electron chi connectivity index (χ4n) is 1.37.